The molecule has 0 radical (unpaired) electrons. The maximum Gasteiger partial charge on any atom is 0.153 e. The average molecular weight is 150 g/mol. The predicted octanol–water partition coefficient (Wildman–Crippen LogP) is 1.97. The fourth-order valence-corrected chi connectivity index (χ4v) is 1.62. The van der Waals surface area contributed by atoms with Crippen LogP contribution >= 0.6 is 0 Å². The molecule has 1 aliphatic carbocycles. The number of carbonyl (C=O) groups is 1. The molecule has 0 amide bonds. The van der Waals surface area contributed by atoms with E-state index in [1.165, 1.54) is 12.8 Å². The molecule has 2 nitrogen and oxygen atoms in total. The van der Waals surface area contributed by atoms with Crippen molar-refractivity contribution in [3.05, 3.63) is 23.2 Å². The number of aldehydes is 1. The summed E-state index contributed by atoms with van der Waals surface area (Å²) >= 11 is 0. The van der Waals surface area contributed by atoms with E-state index in [1.807, 2.05) is 0 Å². The Labute approximate surface area is 65.2 Å². The largest absolute Gasteiger partial charge is 0.468 e. The summed E-state index contributed by atoms with van der Waals surface area (Å²) in [6.45, 7) is 0. The number of furan rings is 1. The van der Waals surface area contributed by atoms with Crippen molar-refractivity contribution in [2.24, 2.45) is 0 Å². The van der Waals surface area contributed by atoms with E-state index in [0.29, 0.717) is 0 Å². The molecule has 0 saturated carbocycles. The van der Waals surface area contributed by atoms with Gasteiger partial charge in [0, 0.05) is 12.0 Å². The molecular formula is C9H10O2. The summed E-state index contributed by atoms with van der Waals surface area (Å²) in [5.41, 5.74) is 1.89. The van der Waals surface area contributed by atoms with E-state index >= 15 is 0 Å². The van der Waals surface area contributed by atoms with E-state index in [9.17, 15) is 4.79 Å². The predicted molar refractivity (Wildman–Crippen MR) is 40.7 cm³/mol. The first-order chi connectivity index (χ1) is 5.42. The lowest BCUT2D eigenvalue weighted by Crippen LogP contribution is -2.00. The van der Waals surface area contributed by atoms with E-state index < -0.39 is 0 Å². The summed E-state index contributed by atoms with van der Waals surface area (Å²) in [5, 5.41) is 0. The molecule has 2 rings (SSSR count). The van der Waals surface area contributed by atoms with Gasteiger partial charge in [-0.25, -0.2) is 0 Å². The van der Waals surface area contributed by atoms with Gasteiger partial charge in [-0.15, -0.1) is 0 Å². The minimum absolute atomic E-state index is 0.750. The zero-order chi connectivity index (χ0) is 7.68. The Morgan fingerprint density at radius 2 is 2.18 bits per heavy atom. The molecule has 0 atom stereocenters. The second-order valence-corrected chi connectivity index (χ2v) is 2.92. The summed E-state index contributed by atoms with van der Waals surface area (Å²) in [6, 6.07) is 0. The molecule has 11 heavy (non-hydrogen) atoms. The van der Waals surface area contributed by atoms with Gasteiger partial charge in [0.1, 0.15) is 12.0 Å². The van der Waals surface area contributed by atoms with E-state index in [4.69, 9.17) is 4.42 Å². The highest BCUT2D eigenvalue weighted by Crippen LogP contribution is 2.24. The third kappa shape index (κ3) is 0.985. The molecule has 2 heteroatoms. The number of carbonyl (C=O) groups excluding carboxylic acids is 1. The average Bonchev–Trinajstić information content (AvgIpc) is 2.47. The zero-order valence-corrected chi connectivity index (χ0v) is 6.30. The summed E-state index contributed by atoms with van der Waals surface area (Å²) in [6.07, 6.45) is 6.85. The van der Waals surface area contributed by atoms with Gasteiger partial charge in [-0.3, -0.25) is 4.79 Å². The molecule has 1 aromatic heterocycles. The first kappa shape index (κ1) is 6.65. The van der Waals surface area contributed by atoms with Gasteiger partial charge < -0.3 is 4.42 Å². The molecule has 1 aliphatic rings. The number of rotatable bonds is 1. The first-order valence-electron chi connectivity index (χ1n) is 3.96. The molecule has 0 fully saturated rings. The van der Waals surface area contributed by atoms with Gasteiger partial charge in [0.05, 0.1) is 5.56 Å². The number of hydrogen-bond donors (Lipinski definition) is 0. The topological polar surface area (TPSA) is 30.2 Å². The number of hydrogen-bond acceptors (Lipinski definition) is 2. The highest BCUT2D eigenvalue weighted by atomic mass is 16.3. The molecule has 1 aromatic rings. The van der Waals surface area contributed by atoms with Gasteiger partial charge >= 0.3 is 0 Å². The molecule has 0 bridgehead atoms. The summed E-state index contributed by atoms with van der Waals surface area (Å²) in [5.74, 6) is 1.03. The van der Waals surface area contributed by atoms with Gasteiger partial charge in [-0.05, 0) is 19.3 Å². The molecule has 58 valence electrons. The summed E-state index contributed by atoms with van der Waals surface area (Å²) < 4.78 is 5.25. The van der Waals surface area contributed by atoms with Crippen LogP contribution in [-0.4, -0.2) is 6.29 Å². The molecule has 0 N–H and O–H groups in total. The van der Waals surface area contributed by atoms with Crippen LogP contribution in [0.4, 0.5) is 0 Å². The lowest BCUT2D eigenvalue weighted by atomic mass is 9.96. The lowest BCUT2D eigenvalue weighted by molar-refractivity contribution is 0.112. The summed E-state index contributed by atoms with van der Waals surface area (Å²) in [7, 11) is 0. The molecule has 0 aromatic carbocycles. The van der Waals surface area contributed by atoms with Crippen LogP contribution in [-0.2, 0) is 12.8 Å². The normalized spacial score (nSPS) is 16.0. The second kappa shape index (κ2) is 2.53. The highest BCUT2D eigenvalue weighted by Gasteiger charge is 2.16. The van der Waals surface area contributed by atoms with Crippen LogP contribution in [0.1, 0.15) is 34.5 Å². The van der Waals surface area contributed by atoms with Crippen molar-refractivity contribution in [1.82, 2.24) is 0 Å². The van der Waals surface area contributed by atoms with Crippen LogP contribution in [0.25, 0.3) is 0 Å². The Kier molecular flexibility index (Phi) is 1.53. The standard InChI is InChI=1S/C9H10O2/c10-5-7-6-11-9-4-2-1-3-8(7)9/h5-6H,1-4H2. The molecule has 0 unspecified atom stereocenters. The Morgan fingerprint density at radius 1 is 1.36 bits per heavy atom. The Hall–Kier alpha value is -1.05. The van der Waals surface area contributed by atoms with Gasteiger partial charge in [-0.1, -0.05) is 0 Å². The van der Waals surface area contributed by atoms with Gasteiger partial charge in [0.15, 0.2) is 6.29 Å². The van der Waals surface area contributed by atoms with E-state index in [2.05, 4.69) is 0 Å². The number of aryl methyl sites for hydroxylation is 1. The maximum atomic E-state index is 10.5. The third-order valence-electron chi connectivity index (χ3n) is 2.22. The molecule has 0 spiro atoms. The molecular weight excluding hydrogens is 140 g/mol. The SMILES string of the molecule is O=Cc1coc2c1CCCC2. The molecule has 1 heterocycles. The van der Waals surface area contributed by atoms with Gasteiger partial charge in [0.2, 0.25) is 0 Å². The van der Waals surface area contributed by atoms with Crippen LogP contribution in [0.2, 0.25) is 0 Å². The van der Waals surface area contributed by atoms with Crippen molar-refractivity contribution in [2.45, 2.75) is 25.7 Å². The van der Waals surface area contributed by atoms with Gasteiger partial charge in [-0.2, -0.15) is 0 Å². The fraction of sp³-hybridized carbons (Fsp3) is 0.444. The second-order valence-electron chi connectivity index (χ2n) is 2.92. The maximum absolute atomic E-state index is 10.5. The van der Waals surface area contributed by atoms with Crippen molar-refractivity contribution < 1.29 is 9.21 Å². The van der Waals surface area contributed by atoms with Crippen LogP contribution in [0, 0.1) is 0 Å². The fourth-order valence-electron chi connectivity index (χ4n) is 1.62. The van der Waals surface area contributed by atoms with Crippen LogP contribution < -0.4 is 0 Å². The zero-order valence-electron chi connectivity index (χ0n) is 6.30. The Balaban J connectivity index is 2.45. The van der Waals surface area contributed by atoms with Crippen molar-refractivity contribution in [3.63, 3.8) is 0 Å². The van der Waals surface area contributed by atoms with Crippen molar-refractivity contribution in [3.8, 4) is 0 Å². The third-order valence-corrected chi connectivity index (χ3v) is 2.22. The Bertz CT molecular complexity index is 273. The monoisotopic (exact) mass is 150 g/mol. The van der Waals surface area contributed by atoms with E-state index in [0.717, 1.165) is 36.0 Å². The smallest absolute Gasteiger partial charge is 0.153 e. The Morgan fingerprint density at radius 3 is 3.00 bits per heavy atom. The highest BCUT2D eigenvalue weighted by molar-refractivity contribution is 5.77. The molecule has 0 saturated heterocycles. The van der Waals surface area contributed by atoms with Gasteiger partial charge in [0.25, 0.3) is 0 Å². The van der Waals surface area contributed by atoms with Crippen LogP contribution in [0.15, 0.2) is 10.7 Å². The lowest BCUT2D eigenvalue weighted by Gasteiger charge is -2.08. The number of fused-ring (bicyclic) bond motifs is 1. The first-order valence-corrected chi connectivity index (χ1v) is 3.96. The van der Waals surface area contributed by atoms with E-state index in [-0.39, 0.29) is 0 Å². The van der Waals surface area contributed by atoms with Crippen LogP contribution in [0.5, 0.6) is 0 Å². The van der Waals surface area contributed by atoms with Crippen molar-refractivity contribution >= 4 is 6.29 Å². The van der Waals surface area contributed by atoms with Crippen molar-refractivity contribution in [1.29, 1.82) is 0 Å². The van der Waals surface area contributed by atoms with Crippen molar-refractivity contribution in [2.75, 3.05) is 0 Å². The quantitative estimate of drug-likeness (QED) is 0.573. The summed E-state index contributed by atoms with van der Waals surface area (Å²) in [4.78, 5) is 10.5. The molecule has 0 aliphatic heterocycles. The minimum Gasteiger partial charge on any atom is -0.468 e. The van der Waals surface area contributed by atoms with E-state index in [1.54, 1.807) is 6.26 Å². The van der Waals surface area contributed by atoms with Crippen LogP contribution in [0.3, 0.4) is 0 Å². The minimum atomic E-state index is 0.750.